The zero-order valence-corrected chi connectivity index (χ0v) is 10.6. The van der Waals surface area contributed by atoms with Gasteiger partial charge < -0.3 is 10.2 Å². The molecule has 7 nitrogen and oxygen atoms in total. The van der Waals surface area contributed by atoms with Crippen LogP contribution in [0.25, 0.3) is 0 Å². The van der Waals surface area contributed by atoms with Crippen LogP contribution in [0.2, 0.25) is 0 Å². The van der Waals surface area contributed by atoms with Gasteiger partial charge in [0.1, 0.15) is 4.90 Å². The second kappa shape index (κ2) is 4.83. The first-order valence-corrected chi connectivity index (χ1v) is 6.85. The van der Waals surface area contributed by atoms with Crippen molar-refractivity contribution in [3.05, 3.63) is 30.4 Å². The van der Waals surface area contributed by atoms with Gasteiger partial charge in [-0.05, 0) is 13.0 Å². The summed E-state index contributed by atoms with van der Waals surface area (Å²) in [5.74, 6) is -0.00320. The molecule has 2 aromatic rings. The lowest BCUT2D eigenvalue weighted by molar-refractivity contribution is 0.561. The summed E-state index contributed by atoms with van der Waals surface area (Å²) in [6, 6.07) is 1.68. The molecular formula is C10H14N4O3S. The molecule has 0 atom stereocenters. The van der Waals surface area contributed by atoms with Gasteiger partial charge in [0.2, 0.25) is 10.0 Å². The molecule has 0 amide bonds. The summed E-state index contributed by atoms with van der Waals surface area (Å²) in [4.78, 5) is -0.00663. The molecule has 2 heterocycles. The van der Waals surface area contributed by atoms with Crippen molar-refractivity contribution >= 4 is 15.8 Å². The van der Waals surface area contributed by atoms with E-state index in [-0.39, 0.29) is 17.3 Å². The molecule has 0 unspecified atom stereocenters. The number of nitrogens with two attached hydrogens (primary N) is 1. The lowest BCUT2D eigenvalue weighted by Crippen LogP contribution is -2.23. The molecule has 0 bridgehead atoms. The molecule has 0 fully saturated rings. The highest BCUT2D eigenvalue weighted by Gasteiger charge is 2.20. The van der Waals surface area contributed by atoms with E-state index >= 15 is 0 Å². The SMILES string of the molecule is CCn1cc(S(=O)(=O)NCc2ccoc2)c(N)n1. The quantitative estimate of drug-likeness (QED) is 0.826. The number of nitrogen functional groups attached to an aromatic ring is 1. The highest BCUT2D eigenvalue weighted by molar-refractivity contribution is 7.89. The molecule has 0 radical (unpaired) electrons. The van der Waals surface area contributed by atoms with Crippen molar-refractivity contribution in [1.29, 1.82) is 0 Å². The van der Waals surface area contributed by atoms with Crippen LogP contribution in [0, 0.1) is 0 Å². The first-order valence-electron chi connectivity index (χ1n) is 5.36. The van der Waals surface area contributed by atoms with Gasteiger partial charge in [-0.15, -0.1) is 0 Å². The maximum atomic E-state index is 12.0. The van der Waals surface area contributed by atoms with Gasteiger partial charge in [0.25, 0.3) is 0 Å². The van der Waals surface area contributed by atoms with E-state index in [2.05, 4.69) is 9.82 Å². The van der Waals surface area contributed by atoms with Crippen LogP contribution in [-0.4, -0.2) is 18.2 Å². The Labute approximate surface area is 105 Å². The van der Waals surface area contributed by atoms with Gasteiger partial charge in [0.15, 0.2) is 5.82 Å². The molecule has 8 heteroatoms. The fourth-order valence-corrected chi connectivity index (χ4v) is 2.53. The van der Waals surface area contributed by atoms with Crippen LogP contribution in [0.3, 0.4) is 0 Å². The van der Waals surface area contributed by atoms with E-state index in [1.807, 2.05) is 6.92 Å². The van der Waals surface area contributed by atoms with Gasteiger partial charge in [-0.3, -0.25) is 4.68 Å². The van der Waals surface area contributed by atoms with Crippen LogP contribution in [0.1, 0.15) is 12.5 Å². The van der Waals surface area contributed by atoms with E-state index in [1.54, 1.807) is 6.07 Å². The highest BCUT2D eigenvalue weighted by atomic mass is 32.2. The Hall–Kier alpha value is -1.80. The summed E-state index contributed by atoms with van der Waals surface area (Å²) < 4.78 is 32.8. The highest BCUT2D eigenvalue weighted by Crippen LogP contribution is 2.16. The molecule has 2 rings (SSSR count). The van der Waals surface area contributed by atoms with Crippen molar-refractivity contribution < 1.29 is 12.8 Å². The second-order valence-corrected chi connectivity index (χ2v) is 5.43. The average Bonchev–Trinajstić information content (AvgIpc) is 2.95. The minimum atomic E-state index is -3.66. The third-order valence-electron chi connectivity index (χ3n) is 2.41. The summed E-state index contributed by atoms with van der Waals surface area (Å²) in [6.07, 6.45) is 4.36. The standard InChI is InChI=1S/C10H14N4O3S/c1-2-14-6-9(10(11)13-14)18(15,16)12-5-8-3-4-17-7-8/h3-4,6-7,12H,2,5H2,1H3,(H2,11,13). The number of anilines is 1. The van der Waals surface area contributed by atoms with Crippen LogP contribution >= 0.6 is 0 Å². The summed E-state index contributed by atoms with van der Waals surface area (Å²) in [6.45, 7) is 2.55. The Balaban J connectivity index is 2.17. The number of hydrogen-bond acceptors (Lipinski definition) is 5. The number of nitrogens with one attached hydrogen (secondary N) is 1. The van der Waals surface area contributed by atoms with E-state index < -0.39 is 10.0 Å². The van der Waals surface area contributed by atoms with Crippen LogP contribution in [-0.2, 0) is 23.1 Å². The molecule has 3 N–H and O–H groups in total. The largest absolute Gasteiger partial charge is 0.472 e. The van der Waals surface area contributed by atoms with Gasteiger partial charge in [0.05, 0.1) is 12.5 Å². The van der Waals surface area contributed by atoms with Crippen molar-refractivity contribution in [2.24, 2.45) is 0 Å². The third kappa shape index (κ3) is 2.54. The Morgan fingerprint density at radius 2 is 2.33 bits per heavy atom. The van der Waals surface area contributed by atoms with E-state index in [4.69, 9.17) is 10.2 Å². The molecule has 0 aliphatic rings. The Morgan fingerprint density at radius 1 is 1.56 bits per heavy atom. The maximum Gasteiger partial charge on any atom is 0.246 e. The van der Waals surface area contributed by atoms with Crippen LogP contribution < -0.4 is 10.5 Å². The maximum absolute atomic E-state index is 12.0. The molecule has 0 aliphatic carbocycles. The Morgan fingerprint density at radius 3 is 2.89 bits per heavy atom. The first kappa shape index (κ1) is 12.7. The molecule has 0 saturated heterocycles. The number of sulfonamides is 1. The number of aryl methyl sites for hydroxylation is 1. The Bertz CT molecular complexity index is 616. The van der Waals surface area contributed by atoms with Crippen molar-refractivity contribution in [2.45, 2.75) is 24.9 Å². The molecule has 2 aromatic heterocycles. The second-order valence-electron chi connectivity index (χ2n) is 3.69. The van der Waals surface area contributed by atoms with E-state index in [0.29, 0.717) is 6.54 Å². The van der Waals surface area contributed by atoms with E-state index in [0.717, 1.165) is 5.56 Å². The number of aromatic nitrogens is 2. The molecule has 18 heavy (non-hydrogen) atoms. The zero-order valence-electron chi connectivity index (χ0n) is 9.83. The fraction of sp³-hybridized carbons (Fsp3) is 0.300. The van der Waals surface area contributed by atoms with Crippen molar-refractivity contribution in [3.63, 3.8) is 0 Å². The van der Waals surface area contributed by atoms with Crippen LogP contribution in [0.5, 0.6) is 0 Å². The summed E-state index contributed by atoms with van der Waals surface area (Å²) in [5, 5.41) is 3.90. The fourth-order valence-electron chi connectivity index (χ4n) is 1.44. The number of hydrogen-bond donors (Lipinski definition) is 2. The van der Waals surface area contributed by atoms with E-state index in [1.165, 1.54) is 23.4 Å². The monoisotopic (exact) mass is 270 g/mol. The zero-order chi connectivity index (χ0) is 13.2. The molecule has 0 aliphatic heterocycles. The summed E-state index contributed by atoms with van der Waals surface area (Å²) in [7, 11) is -3.66. The normalized spacial score (nSPS) is 11.8. The van der Waals surface area contributed by atoms with Gasteiger partial charge in [-0.1, -0.05) is 0 Å². The van der Waals surface area contributed by atoms with Crippen molar-refractivity contribution in [2.75, 3.05) is 5.73 Å². The number of furan rings is 1. The lowest BCUT2D eigenvalue weighted by Gasteiger charge is -2.03. The summed E-state index contributed by atoms with van der Waals surface area (Å²) in [5.41, 5.74) is 6.32. The van der Waals surface area contributed by atoms with E-state index in [9.17, 15) is 8.42 Å². The van der Waals surface area contributed by atoms with Crippen molar-refractivity contribution in [3.8, 4) is 0 Å². The average molecular weight is 270 g/mol. The minimum absolute atomic E-state index is 0.00320. The summed E-state index contributed by atoms with van der Waals surface area (Å²) >= 11 is 0. The van der Waals surface area contributed by atoms with Gasteiger partial charge in [0, 0.05) is 24.8 Å². The predicted molar refractivity (Wildman–Crippen MR) is 65.0 cm³/mol. The molecular weight excluding hydrogens is 256 g/mol. The van der Waals surface area contributed by atoms with Gasteiger partial charge in [-0.25, -0.2) is 13.1 Å². The minimum Gasteiger partial charge on any atom is -0.472 e. The molecule has 0 aromatic carbocycles. The first-order chi connectivity index (χ1) is 8.53. The van der Waals surface area contributed by atoms with Crippen LogP contribution in [0.15, 0.2) is 34.1 Å². The van der Waals surface area contributed by atoms with Crippen molar-refractivity contribution in [1.82, 2.24) is 14.5 Å². The Kier molecular flexibility index (Phi) is 3.39. The number of nitrogens with zero attached hydrogens (tertiary/aromatic N) is 2. The lowest BCUT2D eigenvalue weighted by atomic mass is 10.4. The van der Waals surface area contributed by atoms with Crippen LogP contribution in [0.4, 0.5) is 5.82 Å². The topological polar surface area (TPSA) is 103 Å². The molecule has 0 spiro atoms. The molecule has 98 valence electrons. The third-order valence-corrected chi connectivity index (χ3v) is 3.83. The predicted octanol–water partition coefficient (Wildman–Crippen LogP) is 0.557. The molecule has 0 saturated carbocycles. The smallest absolute Gasteiger partial charge is 0.246 e. The van der Waals surface area contributed by atoms with Gasteiger partial charge in [-0.2, -0.15) is 5.10 Å². The van der Waals surface area contributed by atoms with Gasteiger partial charge >= 0.3 is 0 Å². The number of rotatable bonds is 5.